The van der Waals surface area contributed by atoms with E-state index in [2.05, 4.69) is 33.3 Å². The van der Waals surface area contributed by atoms with Crippen molar-refractivity contribution >= 4 is 11.6 Å². The minimum atomic E-state index is 0.0197. The number of pyridine rings is 1. The van der Waals surface area contributed by atoms with E-state index >= 15 is 0 Å². The number of aryl methyl sites for hydroxylation is 1. The molecule has 2 aliphatic heterocycles. The highest BCUT2D eigenvalue weighted by Gasteiger charge is 2.25. The van der Waals surface area contributed by atoms with Crippen molar-refractivity contribution in [2.24, 2.45) is 0 Å². The van der Waals surface area contributed by atoms with E-state index in [1.165, 1.54) is 24.8 Å². The molecule has 2 aliphatic rings. The molecule has 1 saturated heterocycles. The normalized spacial score (nSPS) is 20.9. The van der Waals surface area contributed by atoms with Gasteiger partial charge < -0.3 is 9.64 Å². The van der Waals surface area contributed by atoms with Crippen molar-refractivity contribution in [3.8, 4) is 5.75 Å². The highest BCUT2D eigenvalue weighted by molar-refractivity contribution is 5.99. The summed E-state index contributed by atoms with van der Waals surface area (Å²) in [5.74, 6) is 0.942. The number of piperidine rings is 1. The molecule has 0 aliphatic carbocycles. The van der Waals surface area contributed by atoms with Crippen LogP contribution in [0.4, 0.5) is 0 Å². The number of carbonyl (C=O) groups excluding carboxylic acids is 1. The molecule has 5 rings (SSSR count). The van der Waals surface area contributed by atoms with Gasteiger partial charge in [0.25, 0.3) is 5.91 Å². The van der Waals surface area contributed by atoms with E-state index in [-0.39, 0.29) is 5.91 Å². The number of fused-ring (bicyclic) bond motifs is 4. The Bertz CT molecular complexity index is 1070. The molecule has 0 saturated carbocycles. The van der Waals surface area contributed by atoms with Gasteiger partial charge >= 0.3 is 0 Å². The van der Waals surface area contributed by atoms with Gasteiger partial charge in [-0.2, -0.15) is 0 Å². The number of benzene rings is 1. The van der Waals surface area contributed by atoms with Crippen LogP contribution < -0.4 is 4.74 Å². The van der Waals surface area contributed by atoms with E-state index < -0.39 is 0 Å². The lowest BCUT2D eigenvalue weighted by Gasteiger charge is -2.37. The molecule has 1 unspecified atom stereocenters. The molecule has 4 heterocycles. The summed E-state index contributed by atoms with van der Waals surface area (Å²) in [6, 6.07) is 12.8. The third-order valence-corrected chi connectivity index (χ3v) is 6.75. The van der Waals surface area contributed by atoms with Crippen molar-refractivity contribution in [3.63, 3.8) is 0 Å². The highest BCUT2D eigenvalue weighted by Crippen LogP contribution is 2.23. The predicted molar refractivity (Wildman–Crippen MR) is 123 cm³/mol. The van der Waals surface area contributed by atoms with E-state index in [1.807, 2.05) is 29.3 Å². The second-order valence-electron chi connectivity index (χ2n) is 8.85. The number of amides is 1. The fraction of sp³-hybridized carbons (Fsp3) is 0.480. The van der Waals surface area contributed by atoms with E-state index in [0.717, 1.165) is 44.6 Å². The number of rotatable bonds is 1. The van der Waals surface area contributed by atoms with Crippen LogP contribution in [0.2, 0.25) is 0 Å². The molecule has 1 atom stereocenters. The molecule has 7 nitrogen and oxygen atoms in total. The van der Waals surface area contributed by atoms with Crippen LogP contribution in [0, 0.1) is 0 Å². The fourth-order valence-corrected chi connectivity index (χ4v) is 5.00. The zero-order valence-corrected chi connectivity index (χ0v) is 18.5. The molecule has 32 heavy (non-hydrogen) atoms. The summed E-state index contributed by atoms with van der Waals surface area (Å²) in [4.78, 5) is 18.1. The summed E-state index contributed by atoms with van der Waals surface area (Å²) in [6.45, 7) is 4.00. The minimum Gasteiger partial charge on any atom is -0.494 e. The maximum absolute atomic E-state index is 13.5. The maximum atomic E-state index is 13.5. The Morgan fingerprint density at radius 2 is 1.97 bits per heavy atom. The summed E-state index contributed by atoms with van der Waals surface area (Å²) >= 11 is 0. The number of hydrogen-bond donors (Lipinski definition) is 0. The Balaban J connectivity index is 1.38. The minimum absolute atomic E-state index is 0.0197. The smallest absolute Gasteiger partial charge is 0.257 e. The Morgan fingerprint density at radius 1 is 1.00 bits per heavy atom. The van der Waals surface area contributed by atoms with Crippen molar-refractivity contribution in [2.75, 3.05) is 32.8 Å². The SMILES string of the molecule is O=C(c1cccn2cnnc12)N1CCCOc2cccc(c2)CCC2CCCCN2CC1. The summed E-state index contributed by atoms with van der Waals surface area (Å²) in [5, 5.41) is 8.14. The van der Waals surface area contributed by atoms with Crippen LogP contribution in [-0.2, 0) is 6.42 Å². The Hall–Kier alpha value is -2.93. The zero-order valence-electron chi connectivity index (χ0n) is 18.5. The van der Waals surface area contributed by atoms with Gasteiger partial charge in [-0.3, -0.25) is 14.1 Å². The molecule has 2 bridgehead atoms. The lowest BCUT2D eigenvalue weighted by Crippen LogP contribution is -2.45. The van der Waals surface area contributed by atoms with Gasteiger partial charge in [0.05, 0.1) is 12.2 Å². The predicted octanol–water partition coefficient (Wildman–Crippen LogP) is 3.44. The van der Waals surface area contributed by atoms with Crippen molar-refractivity contribution in [1.82, 2.24) is 24.4 Å². The van der Waals surface area contributed by atoms with E-state index in [1.54, 1.807) is 10.7 Å². The lowest BCUT2D eigenvalue weighted by atomic mass is 9.95. The third kappa shape index (κ3) is 4.63. The van der Waals surface area contributed by atoms with Gasteiger partial charge in [-0.25, -0.2) is 0 Å². The van der Waals surface area contributed by atoms with Crippen molar-refractivity contribution in [2.45, 2.75) is 44.6 Å². The van der Waals surface area contributed by atoms with Crippen LogP contribution in [0.3, 0.4) is 0 Å². The average Bonchev–Trinajstić information content (AvgIpc) is 3.31. The second kappa shape index (κ2) is 9.69. The van der Waals surface area contributed by atoms with Gasteiger partial charge in [-0.05, 0) is 68.5 Å². The van der Waals surface area contributed by atoms with Crippen LogP contribution in [0.25, 0.3) is 5.65 Å². The second-order valence-corrected chi connectivity index (χ2v) is 8.85. The van der Waals surface area contributed by atoms with Crippen molar-refractivity contribution < 1.29 is 9.53 Å². The first kappa shape index (κ1) is 20.9. The largest absolute Gasteiger partial charge is 0.494 e. The van der Waals surface area contributed by atoms with Crippen LogP contribution >= 0.6 is 0 Å². The number of nitrogens with zero attached hydrogens (tertiary/aromatic N) is 5. The standard InChI is InChI=1S/C25H31N5O2/c31-25(23-9-4-13-30-19-26-27-24(23)30)29-14-5-17-32-22-8-3-6-20(18-22)10-11-21-7-1-2-12-28(21)15-16-29/h3-4,6,8-9,13,18-19,21H,1-2,5,7,10-12,14-17H2. The lowest BCUT2D eigenvalue weighted by molar-refractivity contribution is 0.0684. The summed E-state index contributed by atoms with van der Waals surface area (Å²) in [5.41, 5.74) is 2.57. The molecule has 168 valence electrons. The molecular formula is C25H31N5O2. The van der Waals surface area contributed by atoms with Crippen molar-refractivity contribution in [3.05, 3.63) is 60.0 Å². The molecule has 2 aromatic heterocycles. The molecule has 0 radical (unpaired) electrons. The van der Waals surface area contributed by atoms with E-state index in [9.17, 15) is 4.79 Å². The van der Waals surface area contributed by atoms with Crippen molar-refractivity contribution in [1.29, 1.82) is 0 Å². The third-order valence-electron chi connectivity index (χ3n) is 6.75. The van der Waals surface area contributed by atoms with Crippen LogP contribution in [0.5, 0.6) is 5.75 Å². The maximum Gasteiger partial charge on any atom is 0.257 e. The number of ether oxygens (including phenoxy) is 1. The average molecular weight is 434 g/mol. The van der Waals surface area contributed by atoms with Gasteiger partial charge in [-0.15, -0.1) is 10.2 Å². The molecule has 3 aromatic rings. The van der Waals surface area contributed by atoms with Crippen LogP contribution in [0.1, 0.15) is 48.0 Å². The van der Waals surface area contributed by atoms with Gasteiger partial charge in [0, 0.05) is 31.9 Å². The fourth-order valence-electron chi connectivity index (χ4n) is 5.00. The monoisotopic (exact) mass is 433 g/mol. The highest BCUT2D eigenvalue weighted by atomic mass is 16.5. The van der Waals surface area contributed by atoms with E-state index in [4.69, 9.17) is 4.74 Å². The zero-order chi connectivity index (χ0) is 21.8. The molecule has 1 fully saturated rings. The van der Waals surface area contributed by atoms with Gasteiger partial charge in [-0.1, -0.05) is 18.6 Å². The van der Waals surface area contributed by atoms with Crippen LogP contribution in [-0.4, -0.2) is 69.1 Å². The molecular weight excluding hydrogens is 402 g/mol. The summed E-state index contributed by atoms with van der Waals surface area (Å²) in [6.07, 6.45) is 10.3. The number of hydrogen-bond acceptors (Lipinski definition) is 5. The molecule has 7 heteroatoms. The van der Waals surface area contributed by atoms with Gasteiger partial charge in [0.15, 0.2) is 5.65 Å². The summed E-state index contributed by atoms with van der Waals surface area (Å²) < 4.78 is 7.81. The Kier molecular flexibility index (Phi) is 6.34. The first-order valence-corrected chi connectivity index (χ1v) is 11.8. The first-order chi connectivity index (χ1) is 15.8. The quantitative estimate of drug-likeness (QED) is 0.588. The topological polar surface area (TPSA) is 63.0 Å². The summed E-state index contributed by atoms with van der Waals surface area (Å²) in [7, 11) is 0. The first-order valence-electron chi connectivity index (χ1n) is 11.8. The van der Waals surface area contributed by atoms with Gasteiger partial charge in [0.2, 0.25) is 0 Å². The molecule has 0 N–H and O–H groups in total. The van der Waals surface area contributed by atoms with Crippen LogP contribution in [0.15, 0.2) is 48.9 Å². The Labute approximate surface area is 189 Å². The molecule has 0 spiro atoms. The van der Waals surface area contributed by atoms with Gasteiger partial charge in [0.1, 0.15) is 12.1 Å². The Morgan fingerprint density at radius 3 is 2.94 bits per heavy atom. The number of aromatic nitrogens is 3. The van der Waals surface area contributed by atoms with E-state index in [0.29, 0.717) is 30.4 Å². The molecule has 1 amide bonds. The number of carbonyl (C=O) groups is 1. The molecule has 1 aromatic carbocycles.